The Hall–Kier alpha value is -2.08. The van der Waals surface area contributed by atoms with Gasteiger partial charge in [-0.2, -0.15) is 4.98 Å². The number of nitrogens with two attached hydrogens (primary N) is 1. The molecule has 0 amide bonds. The number of ether oxygens (including phenoxy) is 1. The van der Waals surface area contributed by atoms with Crippen LogP contribution in [-0.2, 0) is 0 Å². The quantitative estimate of drug-likeness (QED) is 0.747. The van der Waals surface area contributed by atoms with Gasteiger partial charge in [-0.05, 0) is 25.1 Å². The zero-order valence-corrected chi connectivity index (χ0v) is 10.5. The molecule has 1 aromatic heterocycles. The van der Waals surface area contributed by atoms with Crippen molar-refractivity contribution in [3.05, 3.63) is 28.7 Å². The number of rotatable bonds is 3. The number of hydrogen-bond donors (Lipinski definition) is 3. The summed E-state index contributed by atoms with van der Waals surface area (Å²) in [5, 5.41) is 3.97. The second-order valence-corrected chi connectivity index (χ2v) is 4.78. The van der Waals surface area contributed by atoms with E-state index in [0.29, 0.717) is 29.2 Å². The van der Waals surface area contributed by atoms with E-state index < -0.39 is 5.69 Å². The van der Waals surface area contributed by atoms with Gasteiger partial charge in [0, 0.05) is 12.5 Å². The molecule has 0 spiro atoms. The van der Waals surface area contributed by atoms with Gasteiger partial charge in [0.1, 0.15) is 11.6 Å². The van der Waals surface area contributed by atoms with Gasteiger partial charge in [0.05, 0.1) is 17.5 Å². The number of anilines is 1. The topological polar surface area (TPSA) is 93.0 Å². The zero-order valence-electron chi connectivity index (χ0n) is 10.5. The first-order valence-corrected chi connectivity index (χ1v) is 6.36. The molecule has 1 unspecified atom stereocenters. The smallest absolute Gasteiger partial charge is 0.347 e. The van der Waals surface area contributed by atoms with E-state index >= 15 is 0 Å². The van der Waals surface area contributed by atoms with Crippen LogP contribution in [0.2, 0.25) is 0 Å². The van der Waals surface area contributed by atoms with E-state index in [1.165, 1.54) is 0 Å². The van der Waals surface area contributed by atoms with E-state index in [2.05, 4.69) is 15.3 Å². The van der Waals surface area contributed by atoms with E-state index in [1.807, 2.05) is 12.1 Å². The lowest BCUT2D eigenvalue weighted by Crippen LogP contribution is -2.16. The average Bonchev–Trinajstić information content (AvgIpc) is 2.88. The van der Waals surface area contributed by atoms with Crippen LogP contribution in [0.25, 0.3) is 10.9 Å². The molecular weight excluding hydrogens is 244 g/mol. The number of aromatic amines is 1. The molecule has 1 atom stereocenters. The average molecular weight is 260 g/mol. The van der Waals surface area contributed by atoms with Crippen LogP contribution in [0.4, 0.5) is 5.82 Å². The summed E-state index contributed by atoms with van der Waals surface area (Å²) >= 11 is 0. The van der Waals surface area contributed by atoms with E-state index in [4.69, 9.17) is 10.5 Å². The SMILES string of the molecule is Nc1nc(=O)[nH]c2cccc(OCC3CCNC3)c12. The van der Waals surface area contributed by atoms with Gasteiger partial charge in [0.2, 0.25) is 0 Å². The Bertz CT molecular complexity index is 647. The van der Waals surface area contributed by atoms with E-state index in [-0.39, 0.29) is 5.82 Å². The minimum Gasteiger partial charge on any atom is -0.492 e. The molecule has 4 N–H and O–H groups in total. The maximum absolute atomic E-state index is 11.3. The summed E-state index contributed by atoms with van der Waals surface area (Å²) in [5.41, 5.74) is 6.03. The highest BCUT2D eigenvalue weighted by atomic mass is 16.5. The Kier molecular flexibility index (Phi) is 3.08. The lowest BCUT2D eigenvalue weighted by Gasteiger charge is -2.13. The number of H-pyrrole nitrogens is 1. The highest BCUT2D eigenvalue weighted by molar-refractivity contribution is 5.93. The Morgan fingerprint density at radius 2 is 2.37 bits per heavy atom. The summed E-state index contributed by atoms with van der Waals surface area (Å²) in [6.07, 6.45) is 1.12. The van der Waals surface area contributed by atoms with Crippen molar-refractivity contribution in [2.45, 2.75) is 6.42 Å². The Labute approximate surface area is 110 Å². The lowest BCUT2D eigenvalue weighted by molar-refractivity contribution is 0.263. The molecule has 0 bridgehead atoms. The van der Waals surface area contributed by atoms with Gasteiger partial charge in [0.25, 0.3) is 0 Å². The van der Waals surface area contributed by atoms with E-state index in [0.717, 1.165) is 19.5 Å². The molecule has 6 nitrogen and oxygen atoms in total. The first-order valence-electron chi connectivity index (χ1n) is 6.36. The van der Waals surface area contributed by atoms with Crippen molar-refractivity contribution < 1.29 is 4.74 Å². The molecule has 1 saturated heterocycles. The molecule has 0 radical (unpaired) electrons. The van der Waals surface area contributed by atoms with Gasteiger partial charge in [-0.15, -0.1) is 0 Å². The summed E-state index contributed by atoms with van der Waals surface area (Å²) in [4.78, 5) is 17.7. The second kappa shape index (κ2) is 4.89. The van der Waals surface area contributed by atoms with E-state index in [9.17, 15) is 4.79 Å². The highest BCUT2D eigenvalue weighted by Crippen LogP contribution is 2.27. The molecule has 100 valence electrons. The van der Waals surface area contributed by atoms with Gasteiger partial charge in [-0.3, -0.25) is 0 Å². The van der Waals surface area contributed by atoms with Crippen LogP contribution < -0.4 is 21.5 Å². The van der Waals surface area contributed by atoms with Crippen LogP contribution in [0.5, 0.6) is 5.75 Å². The van der Waals surface area contributed by atoms with Crippen molar-refractivity contribution in [3.8, 4) is 5.75 Å². The molecule has 2 heterocycles. The Morgan fingerprint density at radius 1 is 1.47 bits per heavy atom. The van der Waals surface area contributed by atoms with Crippen LogP contribution in [0.15, 0.2) is 23.0 Å². The molecule has 1 aliphatic rings. The minimum absolute atomic E-state index is 0.207. The van der Waals surface area contributed by atoms with Crippen LogP contribution in [-0.4, -0.2) is 29.7 Å². The van der Waals surface area contributed by atoms with Crippen LogP contribution >= 0.6 is 0 Å². The monoisotopic (exact) mass is 260 g/mol. The van der Waals surface area contributed by atoms with Crippen molar-refractivity contribution in [3.63, 3.8) is 0 Å². The summed E-state index contributed by atoms with van der Waals surface area (Å²) in [7, 11) is 0. The molecule has 1 aliphatic heterocycles. The van der Waals surface area contributed by atoms with Gasteiger partial charge in [-0.1, -0.05) is 6.07 Å². The summed E-state index contributed by atoms with van der Waals surface area (Å²) in [6, 6.07) is 5.47. The fourth-order valence-electron chi connectivity index (χ4n) is 2.39. The Morgan fingerprint density at radius 3 is 3.16 bits per heavy atom. The van der Waals surface area contributed by atoms with Crippen molar-refractivity contribution in [1.29, 1.82) is 0 Å². The third kappa shape index (κ3) is 2.39. The molecule has 2 aromatic rings. The molecule has 19 heavy (non-hydrogen) atoms. The van der Waals surface area contributed by atoms with E-state index in [1.54, 1.807) is 6.07 Å². The number of fused-ring (bicyclic) bond motifs is 1. The fourth-order valence-corrected chi connectivity index (χ4v) is 2.39. The summed E-state index contributed by atoms with van der Waals surface area (Å²) in [6.45, 7) is 2.67. The number of nitrogens with one attached hydrogen (secondary N) is 2. The standard InChI is InChI=1S/C13H16N4O2/c14-12-11-9(16-13(18)17-12)2-1-3-10(11)19-7-8-4-5-15-6-8/h1-3,8,15H,4-7H2,(H3,14,16,17,18). The van der Waals surface area contributed by atoms with Crippen molar-refractivity contribution in [1.82, 2.24) is 15.3 Å². The number of hydrogen-bond acceptors (Lipinski definition) is 5. The molecule has 6 heteroatoms. The van der Waals surface area contributed by atoms with Crippen LogP contribution in [0.3, 0.4) is 0 Å². The molecule has 0 saturated carbocycles. The molecular formula is C13H16N4O2. The Balaban J connectivity index is 1.92. The van der Waals surface area contributed by atoms with Crippen molar-refractivity contribution >= 4 is 16.7 Å². The molecule has 1 fully saturated rings. The van der Waals surface area contributed by atoms with Gasteiger partial charge in [-0.25, -0.2) is 4.79 Å². The highest BCUT2D eigenvalue weighted by Gasteiger charge is 2.16. The maximum atomic E-state index is 11.3. The number of nitrogen functional groups attached to an aromatic ring is 1. The zero-order chi connectivity index (χ0) is 13.2. The van der Waals surface area contributed by atoms with Crippen molar-refractivity contribution in [2.24, 2.45) is 5.92 Å². The van der Waals surface area contributed by atoms with Gasteiger partial charge < -0.3 is 20.8 Å². The largest absolute Gasteiger partial charge is 0.492 e. The van der Waals surface area contributed by atoms with Crippen molar-refractivity contribution in [2.75, 3.05) is 25.4 Å². The van der Waals surface area contributed by atoms with Crippen LogP contribution in [0, 0.1) is 5.92 Å². The number of aromatic nitrogens is 2. The first kappa shape index (κ1) is 12.0. The fraction of sp³-hybridized carbons (Fsp3) is 0.385. The van der Waals surface area contributed by atoms with Gasteiger partial charge in [0.15, 0.2) is 0 Å². The third-order valence-corrected chi connectivity index (χ3v) is 3.38. The molecule has 1 aromatic carbocycles. The van der Waals surface area contributed by atoms with Crippen LogP contribution in [0.1, 0.15) is 6.42 Å². The maximum Gasteiger partial charge on any atom is 0.347 e. The predicted octanol–water partition coefficient (Wildman–Crippen LogP) is 0.494. The first-order chi connectivity index (χ1) is 9.24. The van der Waals surface area contributed by atoms with Gasteiger partial charge >= 0.3 is 5.69 Å². The molecule has 3 rings (SSSR count). The summed E-state index contributed by atoms with van der Waals surface area (Å²) < 4.78 is 5.84. The summed E-state index contributed by atoms with van der Waals surface area (Å²) in [5.74, 6) is 1.40. The predicted molar refractivity (Wildman–Crippen MR) is 73.2 cm³/mol. The number of benzene rings is 1. The second-order valence-electron chi connectivity index (χ2n) is 4.78. The minimum atomic E-state index is -0.442. The molecule has 0 aliphatic carbocycles. The number of nitrogens with zero attached hydrogens (tertiary/aromatic N) is 1. The lowest BCUT2D eigenvalue weighted by atomic mass is 10.1. The third-order valence-electron chi connectivity index (χ3n) is 3.38. The normalized spacial score (nSPS) is 18.8.